The molecule has 2 aromatic carbocycles. The highest BCUT2D eigenvalue weighted by Gasteiger charge is 2.19. The van der Waals surface area contributed by atoms with Crippen LogP contribution in [0.2, 0.25) is 0 Å². The zero-order chi connectivity index (χ0) is 16.9. The van der Waals surface area contributed by atoms with E-state index in [0.29, 0.717) is 5.56 Å². The Hall–Kier alpha value is -2.88. The number of amides is 1. The molecule has 1 N–H and O–H groups in total. The minimum atomic E-state index is -0.0922. The van der Waals surface area contributed by atoms with Gasteiger partial charge in [-0.2, -0.15) is 5.10 Å². The molecule has 4 nitrogen and oxygen atoms in total. The first-order chi connectivity index (χ1) is 11.6. The van der Waals surface area contributed by atoms with Crippen molar-refractivity contribution in [2.45, 2.75) is 19.4 Å². The second-order valence-electron chi connectivity index (χ2n) is 5.93. The van der Waals surface area contributed by atoms with Gasteiger partial charge in [-0.05, 0) is 24.5 Å². The third-order valence-electron chi connectivity index (χ3n) is 4.05. The third-order valence-corrected chi connectivity index (χ3v) is 4.05. The first-order valence-electron chi connectivity index (χ1n) is 8.03. The van der Waals surface area contributed by atoms with Crippen LogP contribution in [0.15, 0.2) is 66.9 Å². The summed E-state index contributed by atoms with van der Waals surface area (Å²) in [5.74, 6) is -0.0922. The average molecular weight is 319 g/mol. The van der Waals surface area contributed by atoms with Gasteiger partial charge in [0.1, 0.15) is 0 Å². The summed E-state index contributed by atoms with van der Waals surface area (Å²) in [6, 6.07) is 20.2. The molecule has 0 aliphatic carbocycles. The van der Waals surface area contributed by atoms with Gasteiger partial charge in [0.15, 0.2) is 0 Å². The first-order valence-corrected chi connectivity index (χ1v) is 8.03. The summed E-state index contributed by atoms with van der Waals surface area (Å²) < 4.78 is 1.67. The van der Waals surface area contributed by atoms with Crippen LogP contribution in [0.5, 0.6) is 0 Å². The molecule has 0 aliphatic rings. The van der Waals surface area contributed by atoms with Crippen molar-refractivity contribution in [2.24, 2.45) is 7.05 Å². The molecule has 1 unspecified atom stereocenters. The standard InChI is InChI=1S/C20H21N3O/c1-15-18(14-23(2)22-15)20(24)21-19(17-11-7-4-8-12-17)13-16-9-5-3-6-10-16/h3-12,14,19H,13H2,1-2H3,(H,21,24). The van der Waals surface area contributed by atoms with E-state index in [9.17, 15) is 4.79 Å². The molecule has 122 valence electrons. The number of rotatable bonds is 5. The van der Waals surface area contributed by atoms with E-state index in [2.05, 4.69) is 22.5 Å². The van der Waals surface area contributed by atoms with Crippen molar-refractivity contribution < 1.29 is 4.79 Å². The molecule has 1 aromatic heterocycles. The third kappa shape index (κ3) is 3.71. The molecule has 0 fully saturated rings. The number of nitrogens with one attached hydrogen (secondary N) is 1. The molecule has 0 saturated heterocycles. The Morgan fingerprint density at radius 3 is 2.29 bits per heavy atom. The van der Waals surface area contributed by atoms with Gasteiger partial charge in [-0.3, -0.25) is 9.48 Å². The fraction of sp³-hybridized carbons (Fsp3) is 0.200. The number of hydrogen-bond donors (Lipinski definition) is 1. The predicted molar refractivity (Wildman–Crippen MR) is 94.7 cm³/mol. The number of carbonyl (C=O) groups is 1. The molecule has 0 radical (unpaired) electrons. The number of aryl methyl sites for hydroxylation is 2. The molecule has 0 spiro atoms. The van der Waals surface area contributed by atoms with Crippen LogP contribution in [0.1, 0.15) is 33.2 Å². The van der Waals surface area contributed by atoms with Crippen LogP contribution in [0, 0.1) is 6.92 Å². The predicted octanol–water partition coefficient (Wildman–Crippen LogP) is 3.44. The van der Waals surface area contributed by atoms with Gasteiger partial charge in [-0.25, -0.2) is 0 Å². The molecular weight excluding hydrogens is 298 g/mol. The van der Waals surface area contributed by atoms with Crippen LogP contribution >= 0.6 is 0 Å². The molecule has 0 aliphatic heterocycles. The molecule has 1 atom stereocenters. The minimum Gasteiger partial charge on any atom is -0.345 e. The maximum absolute atomic E-state index is 12.7. The quantitative estimate of drug-likeness (QED) is 0.783. The SMILES string of the molecule is Cc1nn(C)cc1C(=O)NC(Cc1ccccc1)c1ccccc1. The molecule has 3 rings (SSSR count). The summed E-state index contributed by atoms with van der Waals surface area (Å²) in [5.41, 5.74) is 3.64. The van der Waals surface area contributed by atoms with Crippen LogP contribution in [0.3, 0.4) is 0 Å². The lowest BCUT2D eigenvalue weighted by atomic mass is 9.98. The summed E-state index contributed by atoms with van der Waals surface area (Å²) in [6.45, 7) is 1.85. The van der Waals surface area contributed by atoms with Gasteiger partial charge in [-0.15, -0.1) is 0 Å². The number of hydrogen-bond acceptors (Lipinski definition) is 2. The average Bonchev–Trinajstić information content (AvgIpc) is 2.94. The van der Waals surface area contributed by atoms with E-state index in [4.69, 9.17) is 0 Å². The van der Waals surface area contributed by atoms with E-state index < -0.39 is 0 Å². The second-order valence-corrected chi connectivity index (χ2v) is 5.93. The van der Waals surface area contributed by atoms with Gasteiger partial charge < -0.3 is 5.32 Å². The van der Waals surface area contributed by atoms with Crippen molar-refractivity contribution in [3.8, 4) is 0 Å². The zero-order valence-corrected chi connectivity index (χ0v) is 13.9. The maximum Gasteiger partial charge on any atom is 0.255 e. The molecule has 0 saturated carbocycles. The smallest absolute Gasteiger partial charge is 0.255 e. The van der Waals surface area contributed by atoms with Crippen LogP contribution in [0.4, 0.5) is 0 Å². The summed E-state index contributed by atoms with van der Waals surface area (Å²) in [7, 11) is 1.82. The van der Waals surface area contributed by atoms with Crippen LogP contribution in [-0.4, -0.2) is 15.7 Å². The van der Waals surface area contributed by atoms with Crippen molar-refractivity contribution in [3.05, 3.63) is 89.2 Å². The van der Waals surface area contributed by atoms with E-state index in [1.54, 1.807) is 10.9 Å². The molecule has 24 heavy (non-hydrogen) atoms. The van der Waals surface area contributed by atoms with Gasteiger partial charge in [0.05, 0.1) is 17.3 Å². The Labute approximate surface area is 142 Å². The van der Waals surface area contributed by atoms with Crippen LogP contribution in [-0.2, 0) is 13.5 Å². The Bertz CT molecular complexity index is 809. The summed E-state index contributed by atoms with van der Waals surface area (Å²) in [4.78, 5) is 12.7. The monoisotopic (exact) mass is 319 g/mol. The van der Waals surface area contributed by atoms with Crippen LogP contribution in [0.25, 0.3) is 0 Å². The highest BCUT2D eigenvalue weighted by Crippen LogP contribution is 2.19. The van der Waals surface area contributed by atoms with Crippen LogP contribution < -0.4 is 5.32 Å². The van der Waals surface area contributed by atoms with Gasteiger partial charge >= 0.3 is 0 Å². The number of benzene rings is 2. The van der Waals surface area contributed by atoms with E-state index >= 15 is 0 Å². The summed E-state index contributed by atoms with van der Waals surface area (Å²) >= 11 is 0. The Balaban J connectivity index is 1.85. The maximum atomic E-state index is 12.7. The lowest BCUT2D eigenvalue weighted by molar-refractivity contribution is 0.0936. The minimum absolute atomic E-state index is 0.0827. The van der Waals surface area contributed by atoms with E-state index in [-0.39, 0.29) is 11.9 Å². The van der Waals surface area contributed by atoms with Gasteiger partial charge in [0, 0.05) is 13.2 Å². The molecular formula is C20H21N3O. The van der Waals surface area contributed by atoms with E-state index in [1.807, 2.05) is 62.5 Å². The fourth-order valence-corrected chi connectivity index (χ4v) is 2.85. The van der Waals surface area contributed by atoms with Crippen molar-refractivity contribution in [2.75, 3.05) is 0 Å². The molecule has 3 aromatic rings. The normalized spacial score (nSPS) is 11.9. The van der Waals surface area contributed by atoms with Gasteiger partial charge in [-0.1, -0.05) is 60.7 Å². The Morgan fingerprint density at radius 1 is 1.08 bits per heavy atom. The molecule has 1 amide bonds. The zero-order valence-electron chi connectivity index (χ0n) is 13.9. The van der Waals surface area contributed by atoms with E-state index in [1.165, 1.54) is 5.56 Å². The Morgan fingerprint density at radius 2 is 1.71 bits per heavy atom. The fourth-order valence-electron chi connectivity index (χ4n) is 2.85. The lowest BCUT2D eigenvalue weighted by Crippen LogP contribution is -2.30. The second kappa shape index (κ2) is 7.13. The summed E-state index contributed by atoms with van der Waals surface area (Å²) in [5, 5.41) is 7.41. The van der Waals surface area contributed by atoms with Gasteiger partial charge in [0.25, 0.3) is 5.91 Å². The highest BCUT2D eigenvalue weighted by molar-refractivity contribution is 5.95. The first kappa shape index (κ1) is 16.0. The van der Waals surface area contributed by atoms with Crippen molar-refractivity contribution in [1.82, 2.24) is 15.1 Å². The highest BCUT2D eigenvalue weighted by atomic mass is 16.1. The van der Waals surface area contributed by atoms with Gasteiger partial charge in [0.2, 0.25) is 0 Å². The van der Waals surface area contributed by atoms with Crippen molar-refractivity contribution in [1.29, 1.82) is 0 Å². The van der Waals surface area contributed by atoms with E-state index in [0.717, 1.165) is 17.7 Å². The molecule has 0 bridgehead atoms. The number of aromatic nitrogens is 2. The molecule has 4 heteroatoms. The van der Waals surface area contributed by atoms with Crippen molar-refractivity contribution in [3.63, 3.8) is 0 Å². The summed E-state index contributed by atoms with van der Waals surface area (Å²) in [6.07, 6.45) is 2.51. The molecule has 1 heterocycles. The number of nitrogens with zero attached hydrogens (tertiary/aromatic N) is 2. The number of carbonyl (C=O) groups excluding carboxylic acids is 1. The topological polar surface area (TPSA) is 46.9 Å². The van der Waals surface area contributed by atoms with Crippen molar-refractivity contribution >= 4 is 5.91 Å². The Kier molecular flexibility index (Phi) is 4.75. The largest absolute Gasteiger partial charge is 0.345 e. The lowest BCUT2D eigenvalue weighted by Gasteiger charge is -2.19.